The average Bonchev–Trinajstić information content (AvgIpc) is 3.11. The number of anilines is 1. The lowest BCUT2D eigenvalue weighted by Crippen LogP contribution is -2.03. The van der Waals surface area contributed by atoms with E-state index in [0.29, 0.717) is 36.3 Å². The first-order valence-corrected chi connectivity index (χ1v) is 7.12. The topological polar surface area (TPSA) is 74.2 Å². The second-order valence-corrected chi connectivity index (χ2v) is 5.15. The Bertz CT molecular complexity index is 562. The molecule has 1 heterocycles. The zero-order valence-electron chi connectivity index (χ0n) is 11.4. The van der Waals surface area contributed by atoms with Gasteiger partial charge in [0.25, 0.3) is 0 Å². The van der Waals surface area contributed by atoms with Crippen molar-refractivity contribution in [2.45, 2.75) is 38.0 Å². The molecule has 2 N–H and O–H groups in total. The number of para-hydroxylation sites is 2. The number of nitrogens with two attached hydrogens (primary N) is 1. The lowest BCUT2D eigenvalue weighted by Gasteiger charge is -2.06. The smallest absolute Gasteiger partial charge is 0.219 e. The number of rotatable bonds is 5. The van der Waals surface area contributed by atoms with E-state index < -0.39 is 0 Å². The molecular weight excluding hydrogens is 254 g/mol. The van der Waals surface area contributed by atoms with Crippen LogP contribution in [0.2, 0.25) is 0 Å². The molecular formula is C15H19N3O2. The van der Waals surface area contributed by atoms with Gasteiger partial charge in [-0.25, -0.2) is 0 Å². The van der Waals surface area contributed by atoms with Crippen LogP contribution in [0.15, 0.2) is 28.7 Å². The van der Waals surface area contributed by atoms with Gasteiger partial charge >= 0.3 is 0 Å². The summed E-state index contributed by atoms with van der Waals surface area (Å²) in [6.07, 6.45) is 5.46. The summed E-state index contributed by atoms with van der Waals surface area (Å²) in [7, 11) is 0. The van der Waals surface area contributed by atoms with Crippen LogP contribution < -0.4 is 10.5 Å². The highest BCUT2D eigenvalue weighted by Gasteiger charge is 2.22. The van der Waals surface area contributed by atoms with Crippen LogP contribution in [0.5, 0.6) is 5.75 Å². The highest BCUT2D eigenvalue weighted by molar-refractivity contribution is 5.51. The van der Waals surface area contributed by atoms with Gasteiger partial charge in [0.2, 0.25) is 11.8 Å². The first kappa shape index (κ1) is 13.0. The van der Waals surface area contributed by atoms with Crippen molar-refractivity contribution in [1.82, 2.24) is 10.2 Å². The monoisotopic (exact) mass is 273 g/mol. The Kier molecular flexibility index (Phi) is 3.85. The van der Waals surface area contributed by atoms with Crippen molar-refractivity contribution in [3.63, 3.8) is 0 Å². The Morgan fingerprint density at radius 1 is 1.20 bits per heavy atom. The number of aromatic nitrogens is 2. The van der Waals surface area contributed by atoms with E-state index in [2.05, 4.69) is 10.2 Å². The van der Waals surface area contributed by atoms with Crippen molar-refractivity contribution in [1.29, 1.82) is 0 Å². The summed E-state index contributed by atoms with van der Waals surface area (Å²) in [4.78, 5) is 0. The fourth-order valence-electron chi connectivity index (χ4n) is 2.57. The molecule has 5 nitrogen and oxygen atoms in total. The van der Waals surface area contributed by atoms with E-state index in [4.69, 9.17) is 14.9 Å². The largest absolute Gasteiger partial charge is 0.491 e. The molecule has 0 saturated heterocycles. The lowest BCUT2D eigenvalue weighted by atomic mass is 10.1. The molecule has 1 saturated carbocycles. The zero-order valence-corrected chi connectivity index (χ0v) is 11.4. The van der Waals surface area contributed by atoms with E-state index >= 15 is 0 Å². The summed E-state index contributed by atoms with van der Waals surface area (Å²) in [6.45, 7) is 0.487. The van der Waals surface area contributed by atoms with Gasteiger partial charge in [0.15, 0.2) is 0 Å². The van der Waals surface area contributed by atoms with Crippen molar-refractivity contribution in [2.75, 3.05) is 12.3 Å². The number of ether oxygens (including phenoxy) is 1. The fourth-order valence-corrected chi connectivity index (χ4v) is 2.57. The molecule has 3 rings (SSSR count). The second-order valence-electron chi connectivity index (χ2n) is 5.15. The second kappa shape index (κ2) is 5.94. The molecule has 1 aromatic carbocycles. The van der Waals surface area contributed by atoms with Gasteiger partial charge in [-0.1, -0.05) is 25.0 Å². The summed E-state index contributed by atoms with van der Waals surface area (Å²) < 4.78 is 11.3. The van der Waals surface area contributed by atoms with E-state index in [9.17, 15) is 0 Å². The minimum absolute atomic E-state index is 0.460. The van der Waals surface area contributed by atoms with E-state index in [0.717, 1.165) is 5.89 Å². The van der Waals surface area contributed by atoms with E-state index in [1.165, 1.54) is 25.7 Å². The number of nitrogen functional groups attached to an aromatic ring is 1. The molecule has 1 aromatic heterocycles. The van der Waals surface area contributed by atoms with Crippen LogP contribution in [0, 0.1) is 0 Å². The lowest BCUT2D eigenvalue weighted by molar-refractivity contribution is 0.303. The molecule has 0 unspecified atom stereocenters. The molecule has 5 heteroatoms. The molecule has 0 bridgehead atoms. The van der Waals surface area contributed by atoms with E-state index in [1.807, 2.05) is 24.3 Å². The Hall–Kier alpha value is -2.04. The maximum Gasteiger partial charge on any atom is 0.219 e. The maximum absolute atomic E-state index is 5.81. The van der Waals surface area contributed by atoms with Gasteiger partial charge in [-0.3, -0.25) is 0 Å². The van der Waals surface area contributed by atoms with Crippen molar-refractivity contribution in [3.05, 3.63) is 36.0 Å². The van der Waals surface area contributed by atoms with Crippen molar-refractivity contribution < 1.29 is 9.15 Å². The number of benzene rings is 1. The summed E-state index contributed by atoms with van der Waals surface area (Å²) >= 11 is 0. The van der Waals surface area contributed by atoms with Crippen molar-refractivity contribution >= 4 is 5.69 Å². The molecule has 1 aliphatic rings. The van der Waals surface area contributed by atoms with Crippen LogP contribution in [0.1, 0.15) is 43.4 Å². The quantitative estimate of drug-likeness (QED) is 0.848. The standard InChI is InChI=1S/C15H19N3O2/c16-12-7-3-4-8-13(12)19-10-9-14-17-18-15(20-14)11-5-1-2-6-11/h3-4,7-8,11H,1-2,5-6,9-10,16H2. The van der Waals surface area contributed by atoms with Crippen LogP contribution in [0.3, 0.4) is 0 Å². The van der Waals surface area contributed by atoms with Crippen LogP contribution in [0.4, 0.5) is 5.69 Å². The Balaban J connectivity index is 1.52. The van der Waals surface area contributed by atoms with Crippen molar-refractivity contribution in [3.8, 4) is 5.75 Å². The van der Waals surface area contributed by atoms with Gasteiger partial charge in [-0.15, -0.1) is 10.2 Å². The normalized spacial score (nSPS) is 15.6. The zero-order chi connectivity index (χ0) is 13.8. The molecule has 20 heavy (non-hydrogen) atoms. The number of hydrogen-bond donors (Lipinski definition) is 1. The molecule has 2 aromatic rings. The van der Waals surface area contributed by atoms with Crippen LogP contribution in [-0.2, 0) is 6.42 Å². The summed E-state index contributed by atoms with van der Waals surface area (Å²) in [5.41, 5.74) is 6.45. The first-order valence-electron chi connectivity index (χ1n) is 7.12. The van der Waals surface area contributed by atoms with E-state index in [-0.39, 0.29) is 0 Å². The molecule has 1 aliphatic carbocycles. The fraction of sp³-hybridized carbons (Fsp3) is 0.467. The SMILES string of the molecule is Nc1ccccc1OCCc1nnc(C2CCCC2)o1. The average molecular weight is 273 g/mol. The van der Waals surface area contributed by atoms with Gasteiger partial charge in [0.1, 0.15) is 5.75 Å². The molecule has 0 radical (unpaired) electrons. The molecule has 0 spiro atoms. The Morgan fingerprint density at radius 3 is 2.80 bits per heavy atom. The Labute approximate surface area is 118 Å². The van der Waals surface area contributed by atoms with Gasteiger partial charge in [0.05, 0.1) is 18.7 Å². The molecule has 1 fully saturated rings. The maximum atomic E-state index is 5.81. The van der Waals surface area contributed by atoms with Crippen LogP contribution >= 0.6 is 0 Å². The van der Waals surface area contributed by atoms with Gasteiger partial charge in [0, 0.05) is 5.92 Å². The molecule has 0 amide bonds. The number of nitrogens with zero attached hydrogens (tertiary/aromatic N) is 2. The highest BCUT2D eigenvalue weighted by Crippen LogP contribution is 2.33. The minimum Gasteiger partial charge on any atom is -0.491 e. The van der Waals surface area contributed by atoms with Gasteiger partial charge in [-0.05, 0) is 25.0 Å². The van der Waals surface area contributed by atoms with E-state index in [1.54, 1.807) is 0 Å². The highest BCUT2D eigenvalue weighted by atomic mass is 16.5. The third-order valence-electron chi connectivity index (χ3n) is 3.68. The summed E-state index contributed by atoms with van der Waals surface area (Å²) in [5.74, 6) is 2.59. The summed E-state index contributed by atoms with van der Waals surface area (Å²) in [6, 6.07) is 7.46. The Morgan fingerprint density at radius 2 is 2.00 bits per heavy atom. The third kappa shape index (κ3) is 2.92. The predicted octanol–water partition coefficient (Wildman–Crippen LogP) is 2.93. The number of hydrogen-bond acceptors (Lipinski definition) is 5. The van der Waals surface area contributed by atoms with Crippen LogP contribution in [0.25, 0.3) is 0 Å². The first-order chi connectivity index (χ1) is 9.83. The molecule has 0 aliphatic heterocycles. The predicted molar refractivity (Wildman–Crippen MR) is 75.6 cm³/mol. The summed E-state index contributed by atoms with van der Waals surface area (Å²) in [5, 5.41) is 8.23. The van der Waals surface area contributed by atoms with Crippen molar-refractivity contribution in [2.24, 2.45) is 0 Å². The minimum atomic E-state index is 0.460. The molecule has 0 atom stereocenters. The third-order valence-corrected chi connectivity index (χ3v) is 3.68. The van der Waals surface area contributed by atoms with Crippen LogP contribution in [-0.4, -0.2) is 16.8 Å². The molecule has 106 valence electrons. The van der Waals surface area contributed by atoms with Gasteiger partial charge < -0.3 is 14.9 Å². The van der Waals surface area contributed by atoms with Gasteiger partial charge in [-0.2, -0.15) is 0 Å².